The molecule has 0 spiro atoms. The zero-order chi connectivity index (χ0) is 12.4. The van der Waals surface area contributed by atoms with Crippen LogP contribution in [-0.2, 0) is 0 Å². The molecule has 1 aliphatic rings. The van der Waals surface area contributed by atoms with Gasteiger partial charge >= 0.3 is 0 Å². The van der Waals surface area contributed by atoms with Crippen LogP contribution in [0.2, 0.25) is 0 Å². The smallest absolute Gasteiger partial charge is 0.271 e. The molecule has 17 heavy (non-hydrogen) atoms. The highest BCUT2D eigenvalue weighted by Gasteiger charge is 2.18. The predicted octanol–water partition coefficient (Wildman–Crippen LogP) is 3.09. The summed E-state index contributed by atoms with van der Waals surface area (Å²) in [6, 6.07) is 6.10. The van der Waals surface area contributed by atoms with Crippen LogP contribution in [0, 0.1) is 10.1 Å². The molecule has 1 heterocycles. The molecule has 88 valence electrons. The van der Waals surface area contributed by atoms with E-state index in [0.717, 1.165) is 0 Å². The standard InChI is InChI=1S/C10H7Cl2N3O2/c11-7-5-13-10(12)14(6-7)8-2-1-3-9(4-8)15(16)17/h1-6,10H. The first-order valence-corrected chi connectivity index (χ1v) is 5.47. The second kappa shape index (κ2) is 4.73. The maximum absolute atomic E-state index is 10.7. The molecule has 2 rings (SSSR count). The first kappa shape index (κ1) is 11.9. The summed E-state index contributed by atoms with van der Waals surface area (Å²) in [5.41, 5.74) is -0.0980. The van der Waals surface area contributed by atoms with Gasteiger partial charge < -0.3 is 4.90 Å². The fraction of sp³-hybridized carbons (Fsp3) is 0.100. The van der Waals surface area contributed by atoms with Crippen LogP contribution in [0.1, 0.15) is 0 Å². The molecule has 1 aromatic carbocycles. The molecule has 0 amide bonds. The quantitative estimate of drug-likeness (QED) is 0.360. The first-order chi connectivity index (χ1) is 8.08. The number of anilines is 1. The normalized spacial score (nSPS) is 19.1. The highest BCUT2D eigenvalue weighted by Crippen LogP contribution is 2.27. The summed E-state index contributed by atoms with van der Waals surface area (Å²) in [5.74, 6) is 0. The van der Waals surface area contributed by atoms with Gasteiger partial charge in [0.1, 0.15) is 0 Å². The number of halogens is 2. The Labute approximate surface area is 107 Å². The van der Waals surface area contributed by atoms with Crippen molar-refractivity contribution in [2.75, 3.05) is 4.90 Å². The molecule has 0 fully saturated rings. The monoisotopic (exact) mass is 271 g/mol. The van der Waals surface area contributed by atoms with E-state index in [-0.39, 0.29) is 5.69 Å². The molecule has 1 unspecified atom stereocenters. The van der Waals surface area contributed by atoms with Crippen molar-refractivity contribution in [2.24, 2.45) is 4.99 Å². The van der Waals surface area contributed by atoms with Crippen molar-refractivity contribution >= 4 is 40.8 Å². The lowest BCUT2D eigenvalue weighted by molar-refractivity contribution is -0.384. The number of hydrogen-bond donors (Lipinski definition) is 0. The Hall–Kier alpha value is -1.59. The molecule has 0 aliphatic carbocycles. The highest BCUT2D eigenvalue weighted by atomic mass is 35.5. The van der Waals surface area contributed by atoms with Crippen molar-refractivity contribution in [3.8, 4) is 0 Å². The lowest BCUT2D eigenvalue weighted by Crippen LogP contribution is -2.27. The van der Waals surface area contributed by atoms with Crippen LogP contribution in [-0.4, -0.2) is 16.8 Å². The molecular formula is C10H7Cl2N3O2. The van der Waals surface area contributed by atoms with Gasteiger partial charge in [-0.2, -0.15) is 0 Å². The Balaban J connectivity index is 2.37. The van der Waals surface area contributed by atoms with Crippen LogP contribution in [0.4, 0.5) is 11.4 Å². The SMILES string of the molecule is O=[N+]([O-])c1cccc(N2C=C(Cl)C=NC2Cl)c1. The van der Waals surface area contributed by atoms with Gasteiger partial charge in [0, 0.05) is 24.5 Å². The lowest BCUT2D eigenvalue weighted by atomic mass is 10.2. The van der Waals surface area contributed by atoms with Crippen LogP contribution in [0.25, 0.3) is 0 Å². The number of rotatable bonds is 2. The molecule has 1 atom stereocenters. The van der Waals surface area contributed by atoms with Crippen molar-refractivity contribution in [2.45, 2.75) is 5.62 Å². The van der Waals surface area contributed by atoms with E-state index in [1.807, 2.05) is 0 Å². The van der Waals surface area contributed by atoms with Gasteiger partial charge in [-0.1, -0.05) is 29.3 Å². The molecule has 0 saturated heterocycles. The van der Waals surface area contributed by atoms with Gasteiger partial charge in [-0.05, 0) is 6.07 Å². The van der Waals surface area contributed by atoms with Crippen LogP contribution in [0.3, 0.4) is 0 Å². The highest BCUT2D eigenvalue weighted by molar-refractivity contribution is 6.40. The average molecular weight is 272 g/mol. The van der Waals surface area contributed by atoms with E-state index in [4.69, 9.17) is 23.2 Å². The summed E-state index contributed by atoms with van der Waals surface area (Å²) in [4.78, 5) is 15.7. The minimum absolute atomic E-state index is 0.00885. The Morgan fingerprint density at radius 3 is 2.94 bits per heavy atom. The third-order valence-corrected chi connectivity index (χ3v) is 2.67. The van der Waals surface area contributed by atoms with Gasteiger partial charge in [0.25, 0.3) is 5.69 Å². The number of nitro benzene ring substituents is 1. The van der Waals surface area contributed by atoms with Gasteiger partial charge in [-0.15, -0.1) is 0 Å². The average Bonchev–Trinajstić information content (AvgIpc) is 2.32. The Morgan fingerprint density at radius 2 is 2.24 bits per heavy atom. The van der Waals surface area contributed by atoms with Gasteiger partial charge in [-0.3, -0.25) is 15.1 Å². The van der Waals surface area contributed by atoms with Crippen molar-refractivity contribution in [3.63, 3.8) is 0 Å². The van der Waals surface area contributed by atoms with E-state index in [1.54, 1.807) is 23.2 Å². The minimum atomic E-state index is -0.653. The number of alkyl halides is 1. The van der Waals surface area contributed by atoms with Crippen molar-refractivity contribution in [1.82, 2.24) is 0 Å². The van der Waals surface area contributed by atoms with E-state index in [9.17, 15) is 10.1 Å². The maximum atomic E-state index is 10.7. The Morgan fingerprint density at radius 1 is 1.47 bits per heavy atom. The number of allylic oxidation sites excluding steroid dienone is 1. The molecule has 0 saturated carbocycles. The van der Waals surface area contributed by atoms with E-state index in [0.29, 0.717) is 10.7 Å². The van der Waals surface area contributed by atoms with Gasteiger partial charge in [0.15, 0.2) is 0 Å². The number of nitrogens with zero attached hydrogens (tertiary/aromatic N) is 3. The van der Waals surface area contributed by atoms with Crippen LogP contribution in [0.15, 0.2) is 40.5 Å². The summed E-state index contributed by atoms with van der Waals surface area (Å²) in [5, 5.41) is 11.1. The second-order valence-electron chi connectivity index (χ2n) is 3.29. The maximum Gasteiger partial charge on any atom is 0.271 e. The van der Waals surface area contributed by atoms with Crippen molar-refractivity contribution < 1.29 is 4.92 Å². The summed E-state index contributed by atoms with van der Waals surface area (Å²) >= 11 is 11.8. The largest absolute Gasteiger partial charge is 0.311 e. The molecule has 5 nitrogen and oxygen atoms in total. The molecule has 1 aliphatic heterocycles. The van der Waals surface area contributed by atoms with Crippen LogP contribution >= 0.6 is 23.2 Å². The van der Waals surface area contributed by atoms with Gasteiger partial charge in [0.2, 0.25) is 5.62 Å². The van der Waals surface area contributed by atoms with Crippen molar-refractivity contribution in [3.05, 3.63) is 45.6 Å². The van der Waals surface area contributed by atoms with E-state index < -0.39 is 10.5 Å². The van der Waals surface area contributed by atoms with Crippen LogP contribution < -0.4 is 4.90 Å². The molecular weight excluding hydrogens is 265 g/mol. The molecule has 0 N–H and O–H groups in total. The fourth-order valence-corrected chi connectivity index (χ4v) is 1.78. The van der Waals surface area contributed by atoms with E-state index in [1.165, 1.54) is 18.3 Å². The summed E-state index contributed by atoms with van der Waals surface area (Å²) in [6.07, 6.45) is 3.01. The van der Waals surface area contributed by atoms with Gasteiger partial charge in [0.05, 0.1) is 15.6 Å². The molecule has 1 aromatic rings. The van der Waals surface area contributed by atoms with Crippen LogP contribution in [0.5, 0.6) is 0 Å². The number of non-ortho nitro benzene ring substituents is 1. The van der Waals surface area contributed by atoms with Gasteiger partial charge in [-0.25, -0.2) is 0 Å². The Bertz CT molecular complexity index is 516. The lowest BCUT2D eigenvalue weighted by Gasteiger charge is -2.25. The number of hydrogen-bond acceptors (Lipinski definition) is 4. The minimum Gasteiger partial charge on any atom is -0.311 e. The van der Waals surface area contributed by atoms with E-state index >= 15 is 0 Å². The fourth-order valence-electron chi connectivity index (χ4n) is 1.40. The molecule has 7 heteroatoms. The number of benzene rings is 1. The topological polar surface area (TPSA) is 58.7 Å². The third kappa shape index (κ3) is 2.57. The zero-order valence-electron chi connectivity index (χ0n) is 8.46. The summed E-state index contributed by atoms with van der Waals surface area (Å²) < 4.78 is 0. The number of nitro groups is 1. The third-order valence-electron chi connectivity index (χ3n) is 2.15. The van der Waals surface area contributed by atoms with Crippen molar-refractivity contribution in [1.29, 1.82) is 0 Å². The Kier molecular flexibility index (Phi) is 3.31. The second-order valence-corrected chi connectivity index (χ2v) is 4.11. The molecule has 0 aromatic heterocycles. The summed E-state index contributed by atoms with van der Waals surface area (Å²) in [7, 11) is 0. The summed E-state index contributed by atoms with van der Waals surface area (Å²) in [6.45, 7) is 0. The predicted molar refractivity (Wildman–Crippen MR) is 67.6 cm³/mol. The molecule has 0 bridgehead atoms. The van der Waals surface area contributed by atoms with E-state index in [2.05, 4.69) is 4.99 Å². The zero-order valence-corrected chi connectivity index (χ0v) is 9.97. The number of aliphatic imine (C=N–C) groups is 1. The molecule has 0 radical (unpaired) electrons. The first-order valence-electron chi connectivity index (χ1n) is 4.65.